The number of nitrogen functional groups attached to an aromatic ring is 2. The molecule has 1 fully saturated rings. The molecule has 0 bridgehead atoms. The Hall–Kier alpha value is -1.29. The fraction of sp³-hybridized carbons (Fsp3) is 0.444. The first-order valence-electron chi connectivity index (χ1n) is 4.45. The van der Waals surface area contributed by atoms with Crippen molar-refractivity contribution in [1.82, 2.24) is 4.98 Å². The Balaban J connectivity index is 2.24. The van der Waals surface area contributed by atoms with Gasteiger partial charge in [0.15, 0.2) is 0 Å². The molecular weight excluding hydrogens is 164 g/mol. The van der Waals surface area contributed by atoms with E-state index in [0.717, 1.165) is 5.56 Å². The molecular formula is C9H14N4. The number of rotatable bonds is 2. The Kier molecular flexibility index (Phi) is 1.84. The number of hydrogen-bond donors (Lipinski definition) is 3. The minimum Gasteiger partial charge on any atom is -0.396 e. The highest BCUT2D eigenvalue weighted by Gasteiger charge is 2.29. The van der Waals surface area contributed by atoms with Gasteiger partial charge < -0.3 is 17.2 Å². The molecule has 0 spiro atoms. The maximum absolute atomic E-state index is 5.98. The van der Waals surface area contributed by atoms with Crippen molar-refractivity contribution in [2.24, 2.45) is 11.7 Å². The van der Waals surface area contributed by atoms with Crippen LogP contribution < -0.4 is 17.2 Å². The molecule has 1 aliphatic rings. The first-order chi connectivity index (χ1) is 6.18. The van der Waals surface area contributed by atoms with Crippen molar-refractivity contribution in [3.05, 3.63) is 17.8 Å². The number of aromatic nitrogens is 1. The van der Waals surface area contributed by atoms with Crippen molar-refractivity contribution in [2.75, 3.05) is 11.5 Å². The minimum absolute atomic E-state index is 0.0791. The smallest absolute Gasteiger partial charge is 0.146 e. The SMILES string of the molecule is Nc1cc([C@@H](N)C2CC2)cnc1N. The van der Waals surface area contributed by atoms with Crippen molar-refractivity contribution in [2.45, 2.75) is 18.9 Å². The Morgan fingerprint density at radius 2 is 2.08 bits per heavy atom. The summed E-state index contributed by atoms with van der Waals surface area (Å²) in [4.78, 5) is 3.98. The van der Waals surface area contributed by atoms with E-state index in [0.29, 0.717) is 17.4 Å². The van der Waals surface area contributed by atoms with Gasteiger partial charge in [0, 0.05) is 12.2 Å². The highest BCUT2D eigenvalue weighted by Crippen LogP contribution is 2.39. The van der Waals surface area contributed by atoms with Gasteiger partial charge in [-0.05, 0) is 30.4 Å². The van der Waals surface area contributed by atoms with E-state index in [1.54, 1.807) is 6.20 Å². The number of nitrogens with two attached hydrogens (primary N) is 3. The topological polar surface area (TPSA) is 91.0 Å². The van der Waals surface area contributed by atoms with Crippen molar-refractivity contribution < 1.29 is 0 Å². The van der Waals surface area contributed by atoms with Crippen LogP contribution in [-0.2, 0) is 0 Å². The van der Waals surface area contributed by atoms with Gasteiger partial charge in [-0.15, -0.1) is 0 Å². The van der Waals surface area contributed by atoms with Gasteiger partial charge in [-0.2, -0.15) is 0 Å². The lowest BCUT2D eigenvalue weighted by molar-refractivity contribution is 0.631. The largest absolute Gasteiger partial charge is 0.396 e. The lowest BCUT2D eigenvalue weighted by Gasteiger charge is -2.11. The van der Waals surface area contributed by atoms with Gasteiger partial charge in [0.1, 0.15) is 5.82 Å². The fourth-order valence-corrected chi connectivity index (χ4v) is 1.42. The Morgan fingerprint density at radius 1 is 1.38 bits per heavy atom. The Morgan fingerprint density at radius 3 is 2.62 bits per heavy atom. The Labute approximate surface area is 77.1 Å². The summed E-state index contributed by atoms with van der Waals surface area (Å²) in [6, 6.07) is 1.90. The van der Waals surface area contributed by atoms with Crippen LogP contribution in [0.1, 0.15) is 24.4 Å². The number of anilines is 2. The molecule has 1 aromatic heterocycles. The van der Waals surface area contributed by atoms with Gasteiger partial charge in [-0.1, -0.05) is 0 Å². The first-order valence-corrected chi connectivity index (χ1v) is 4.45. The van der Waals surface area contributed by atoms with E-state index in [4.69, 9.17) is 17.2 Å². The third-order valence-electron chi connectivity index (χ3n) is 2.49. The standard InChI is InChI=1S/C9H14N4/c10-7-3-6(4-13-9(7)12)8(11)5-1-2-5/h3-5,8H,1-2,10-11H2,(H2,12,13)/t8-/m0/s1. The van der Waals surface area contributed by atoms with Gasteiger partial charge in [0.05, 0.1) is 5.69 Å². The predicted octanol–water partition coefficient (Wildman–Crippen LogP) is 0.656. The van der Waals surface area contributed by atoms with E-state index in [9.17, 15) is 0 Å². The summed E-state index contributed by atoms with van der Waals surface area (Å²) < 4.78 is 0. The van der Waals surface area contributed by atoms with E-state index >= 15 is 0 Å². The highest BCUT2D eigenvalue weighted by molar-refractivity contribution is 5.58. The van der Waals surface area contributed by atoms with Crippen LogP contribution in [0.25, 0.3) is 0 Å². The zero-order valence-electron chi connectivity index (χ0n) is 7.40. The zero-order valence-corrected chi connectivity index (χ0v) is 7.40. The van der Waals surface area contributed by atoms with E-state index in [1.807, 2.05) is 6.07 Å². The first kappa shape index (κ1) is 8.31. The molecule has 0 amide bonds. The van der Waals surface area contributed by atoms with Crippen LogP contribution in [0.2, 0.25) is 0 Å². The summed E-state index contributed by atoms with van der Waals surface area (Å²) in [5.74, 6) is 0.997. The second-order valence-electron chi connectivity index (χ2n) is 3.61. The average Bonchev–Trinajstić information content (AvgIpc) is 2.91. The molecule has 70 valence electrons. The molecule has 0 aliphatic heterocycles. The van der Waals surface area contributed by atoms with Crippen LogP contribution in [0, 0.1) is 5.92 Å². The fourth-order valence-electron chi connectivity index (χ4n) is 1.42. The van der Waals surface area contributed by atoms with E-state index in [2.05, 4.69) is 4.98 Å². The molecule has 4 heteroatoms. The van der Waals surface area contributed by atoms with Crippen LogP contribution in [0.5, 0.6) is 0 Å². The van der Waals surface area contributed by atoms with Crippen LogP contribution in [0.3, 0.4) is 0 Å². The third-order valence-corrected chi connectivity index (χ3v) is 2.49. The van der Waals surface area contributed by atoms with Gasteiger partial charge in [0.2, 0.25) is 0 Å². The monoisotopic (exact) mass is 178 g/mol. The lowest BCUT2D eigenvalue weighted by atomic mass is 10.1. The molecule has 1 heterocycles. The highest BCUT2D eigenvalue weighted by atomic mass is 14.9. The quantitative estimate of drug-likeness (QED) is 0.620. The van der Waals surface area contributed by atoms with E-state index in [-0.39, 0.29) is 6.04 Å². The Bertz CT molecular complexity index is 319. The number of hydrogen-bond acceptors (Lipinski definition) is 4. The maximum Gasteiger partial charge on any atom is 0.146 e. The second-order valence-corrected chi connectivity index (χ2v) is 3.61. The molecule has 6 N–H and O–H groups in total. The molecule has 2 rings (SSSR count). The molecule has 1 aliphatic carbocycles. The minimum atomic E-state index is 0.0791. The zero-order chi connectivity index (χ0) is 9.42. The summed E-state index contributed by atoms with van der Waals surface area (Å²) >= 11 is 0. The molecule has 1 atom stereocenters. The maximum atomic E-state index is 5.98. The third kappa shape index (κ3) is 1.58. The predicted molar refractivity (Wildman–Crippen MR) is 52.7 cm³/mol. The molecule has 0 aromatic carbocycles. The van der Waals surface area contributed by atoms with Gasteiger partial charge in [-0.3, -0.25) is 0 Å². The average molecular weight is 178 g/mol. The summed E-state index contributed by atoms with van der Waals surface area (Å²) in [5.41, 5.74) is 18.6. The summed E-state index contributed by atoms with van der Waals surface area (Å²) in [6.07, 6.45) is 4.14. The van der Waals surface area contributed by atoms with Crippen molar-refractivity contribution in [3.8, 4) is 0 Å². The number of nitrogens with zero attached hydrogens (tertiary/aromatic N) is 1. The van der Waals surface area contributed by atoms with Crippen molar-refractivity contribution in [3.63, 3.8) is 0 Å². The normalized spacial score (nSPS) is 18.5. The van der Waals surface area contributed by atoms with Crippen LogP contribution in [0.15, 0.2) is 12.3 Å². The van der Waals surface area contributed by atoms with Crippen molar-refractivity contribution >= 4 is 11.5 Å². The van der Waals surface area contributed by atoms with E-state index < -0.39 is 0 Å². The molecule has 13 heavy (non-hydrogen) atoms. The number of pyridine rings is 1. The van der Waals surface area contributed by atoms with Gasteiger partial charge >= 0.3 is 0 Å². The van der Waals surface area contributed by atoms with Gasteiger partial charge in [-0.25, -0.2) is 4.98 Å². The molecule has 4 nitrogen and oxygen atoms in total. The van der Waals surface area contributed by atoms with Crippen molar-refractivity contribution in [1.29, 1.82) is 0 Å². The van der Waals surface area contributed by atoms with E-state index in [1.165, 1.54) is 12.8 Å². The summed E-state index contributed by atoms with van der Waals surface area (Å²) in [7, 11) is 0. The molecule has 0 saturated heterocycles. The molecule has 1 saturated carbocycles. The second kappa shape index (κ2) is 2.88. The summed E-state index contributed by atoms with van der Waals surface area (Å²) in [5, 5.41) is 0. The molecule has 0 radical (unpaired) electrons. The summed E-state index contributed by atoms with van der Waals surface area (Å²) in [6.45, 7) is 0. The van der Waals surface area contributed by atoms with Gasteiger partial charge in [0.25, 0.3) is 0 Å². The lowest BCUT2D eigenvalue weighted by Crippen LogP contribution is -2.13. The molecule has 1 aromatic rings. The van der Waals surface area contributed by atoms with Crippen LogP contribution >= 0.6 is 0 Å². The molecule has 0 unspecified atom stereocenters. The van der Waals surface area contributed by atoms with Crippen LogP contribution in [-0.4, -0.2) is 4.98 Å². The van der Waals surface area contributed by atoms with Crippen LogP contribution in [0.4, 0.5) is 11.5 Å².